The van der Waals surface area contributed by atoms with Crippen molar-refractivity contribution in [3.05, 3.63) is 100.0 Å². The summed E-state index contributed by atoms with van der Waals surface area (Å²) in [5.41, 5.74) is 1.13. The molecule has 33 heavy (non-hydrogen) atoms. The summed E-state index contributed by atoms with van der Waals surface area (Å²) in [5.74, 6) is 1.69. The van der Waals surface area contributed by atoms with E-state index in [2.05, 4.69) is 32.9 Å². The van der Waals surface area contributed by atoms with E-state index in [0.717, 1.165) is 24.2 Å². The van der Waals surface area contributed by atoms with Crippen molar-refractivity contribution in [3.63, 3.8) is 0 Å². The van der Waals surface area contributed by atoms with E-state index in [-0.39, 0.29) is 22.8 Å². The average molecular weight is 448 g/mol. The molecule has 0 aliphatic heterocycles. The zero-order valence-electron chi connectivity index (χ0n) is 18.5. The molecule has 0 bridgehead atoms. The Labute approximate surface area is 191 Å². The van der Waals surface area contributed by atoms with Crippen LogP contribution < -0.4 is 15.0 Å². The van der Waals surface area contributed by atoms with Crippen molar-refractivity contribution in [1.29, 1.82) is 0 Å². The summed E-state index contributed by atoms with van der Waals surface area (Å²) in [4.78, 5) is 28.0. The third kappa shape index (κ3) is 5.91. The van der Waals surface area contributed by atoms with Crippen LogP contribution in [0.25, 0.3) is 0 Å². The molecule has 0 spiro atoms. The van der Waals surface area contributed by atoms with Crippen LogP contribution in [-0.2, 0) is 12.8 Å². The summed E-state index contributed by atoms with van der Waals surface area (Å²) >= 11 is 0. The summed E-state index contributed by atoms with van der Waals surface area (Å²) in [6, 6.07) is 6.23. The number of benzene rings is 1. The normalized spacial score (nSPS) is 17.5. The van der Waals surface area contributed by atoms with Crippen LogP contribution in [0.5, 0.6) is 11.8 Å². The quantitative estimate of drug-likeness (QED) is 0.557. The molecular formula is C25H25FN4O3. The van der Waals surface area contributed by atoms with E-state index in [1.807, 2.05) is 12.2 Å². The number of methoxy groups -OCH3 is 1. The van der Waals surface area contributed by atoms with E-state index >= 15 is 0 Å². The summed E-state index contributed by atoms with van der Waals surface area (Å²) in [7, 11) is 1.50. The van der Waals surface area contributed by atoms with Crippen molar-refractivity contribution in [2.75, 3.05) is 7.11 Å². The Morgan fingerprint density at radius 1 is 1.12 bits per heavy atom. The lowest BCUT2D eigenvalue weighted by atomic mass is 9.79. The van der Waals surface area contributed by atoms with Crippen molar-refractivity contribution in [2.24, 2.45) is 5.41 Å². The molecule has 1 aliphatic carbocycles. The maximum atomic E-state index is 13.0. The number of nitrogens with zero attached hydrogens (tertiary/aromatic N) is 3. The molecule has 2 aromatic heterocycles. The van der Waals surface area contributed by atoms with Crippen LogP contribution in [0.1, 0.15) is 36.7 Å². The number of hydrogen-bond donors (Lipinski definition) is 1. The van der Waals surface area contributed by atoms with Crippen molar-refractivity contribution < 1.29 is 13.9 Å². The number of halogens is 1. The van der Waals surface area contributed by atoms with Gasteiger partial charge in [0.2, 0.25) is 0 Å². The number of nitrogens with one attached hydrogen (secondary N) is 1. The van der Waals surface area contributed by atoms with Gasteiger partial charge < -0.3 is 14.5 Å². The lowest BCUT2D eigenvalue weighted by Gasteiger charge is -2.27. The van der Waals surface area contributed by atoms with Gasteiger partial charge >= 0.3 is 6.01 Å². The molecule has 0 saturated carbocycles. The van der Waals surface area contributed by atoms with Gasteiger partial charge in [-0.1, -0.05) is 13.0 Å². The van der Waals surface area contributed by atoms with Crippen LogP contribution in [-0.4, -0.2) is 27.0 Å². The highest BCUT2D eigenvalue weighted by Gasteiger charge is 2.23. The molecule has 4 rings (SSSR count). The third-order valence-electron chi connectivity index (χ3n) is 5.59. The van der Waals surface area contributed by atoms with E-state index in [0.29, 0.717) is 30.0 Å². The van der Waals surface area contributed by atoms with Gasteiger partial charge in [-0.2, -0.15) is 0 Å². The second-order valence-electron chi connectivity index (χ2n) is 8.29. The van der Waals surface area contributed by atoms with Crippen LogP contribution in [0.2, 0.25) is 0 Å². The Bertz CT molecular complexity index is 1220. The first kappa shape index (κ1) is 22.4. The van der Waals surface area contributed by atoms with Crippen LogP contribution in [0, 0.1) is 11.2 Å². The largest absolute Gasteiger partial charge is 0.467 e. The molecule has 2 heterocycles. The lowest BCUT2D eigenvalue weighted by Crippen LogP contribution is -2.20. The Balaban J connectivity index is 1.32. The summed E-state index contributed by atoms with van der Waals surface area (Å²) < 4.78 is 23.8. The molecule has 0 amide bonds. The first-order valence-corrected chi connectivity index (χ1v) is 10.7. The molecular weight excluding hydrogens is 423 g/mol. The minimum atomic E-state index is -0.294. The highest BCUT2D eigenvalue weighted by Crippen LogP contribution is 2.34. The van der Waals surface area contributed by atoms with Gasteiger partial charge in [0, 0.05) is 37.0 Å². The Morgan fingerprint density at radius 3 is 2.52 bits per heavy atom. The maximum absolute atomic E-state index is 13.0. The monoisotopic (exact) mass is 448 g/mol. The number of H-pyrrole nitrogens is 1. The standard InChI is InChI=1S/C25H25FN4O3/c1-25(10-7-21(8-11-25)33-20-5-3-19(26)4-6-20)12-9-22-27-16-18(23(31)30-22)13-17-14-28-24(32-2)29-15-17/h3-8,10,14-16H,9,11-13H2,1-2H3,(H,27,30,31). The topological polar surface area (TPSA) is 90.0 Å². The second-order valence-corrected chi connectivity index (χ2v) is 8.29. The summed E-state index contributed by atoms with van der Waals surface area (Å²) in [6.07, 6.45) is 13.6. The minimum Gasteiger partial charge on any atom is -0.467 e. The molecule has 0 fully saturated rings. The first-order chi connectivity index (χ1) is 15.9. The zero-order chi connectivity index (χ0) is 23.3. The highest BCUT2D eigenvalue weighted by atomic mass is 19.1. The lowest BCUT2D eigenvalue weighted by molar-refractivity contribution is 0.365. The van der Waals surface area contributed by atoms with Crippen LogP contribution >= 0.6 is 0 Å². The predicted molar refractivity (Wildman–Crippen MR) is 122 cm³/mol. The van der Waals surface area contributed by atoms with Gasteiger partial charge in [-0.05, 0) is 60.2 Å². The molecule has 1 unspecified atom stereocenters. The number of hydrogen-bond acceptors (Lipinski definition) is 6. The van der Waals surface area contributed by atoms with E-state index in [9.17, 15) is 9.18 Å². The number of aryl methyl sites for hydroxylation is 1. The number of ether oxygens (including phenoxy) is 2. The minimum absolute atomic E-state index is 0.0761. The van der Waals surface area contributed by atoms with Crippen molar-refractivity contribution in [1.82, 2.24) is 19.9 Å². The fourth-order valence-corrected chi connectivity index (χ4v) is 3.53. The molecule has 3 aromatic rings. The molecule has 170 valence electrons. The summed E-state index contributed by atoms with van der Waals surface area (Å²) in [5, 5.41) is 0. The molecule has 1 N–H and O–H groups in total. The molecule has 0 radical (unpaired) electrons. The average Bonchev–Trinajstić information content (AvgIpc) is 2.83. The van der Waals surface area contributed by atoms with Crippen LogP contribution in [0.3, 0.4) is 0 Å². The number of rotatable bonds is 8. The first-order valence-electron chi connectivity index (χ1n) is 10.7. The van der Waals surface area contributed by atoms with Gasteiger partial charge in [0.15, 0.2) is 0 Å². The van der Waals surface area contributed by atoms with Crippen LogP contribution in [0.4, 0.5) is 4.39 Å². The molecule has 8 heteroatoms. The Kier molecular flexibility index (Phi) is 6.63. The van der Waals surface area contributed by atoms with Gasteiger partial charge in [0.25, 0.3) is 5.56 Å². The van der Waals surface area contributed by atoms with E-state index in [1.54, 1.807) is 30.7 Å². The van der Waals surface area contributed by atoms with Crippen molar-refractivity contribution in [3.8, 4) is 11.8 Å². The maximum Gasteiger partial charge on any atom is 0.316 e. The Hall–Kier alpha value is -3.81. The third-order valence-corrected chi connectivity index (χ3v) is 5.59. The molecule has 0 saturated heterocycles. The SMILES string of the molecule is COc1ncc(Cc2cnc(CCC3(C)C=CC(Oc4ccc(F)cc4)=CC3)[nH]c2=O)cn1. The molecule has 1 atom stereocenters. The van der Waals surface area contributed by atoms with Gasteiger partial charge in [-0.3, -0.25) is 4.79 Å². The second kappa shape index (κ2) is 9.77. The van der Waals surface area contributed by atoms with Gasteiger partial charge in [-0.15, -0.1) is 0 Å². The molecule has 1 aliphatic rings. The van der Waals surface area contributed by atoms with Crippen LogP contribution in [0.15, 0.2) is 71.6 Å². The van der Waals surface area contributed by atoms with Crippen molar-refractivity contribution in [2.45, 2.75) is 32.6 Å². The fourth-order valence-electron chi connectivity index (χ4n) is 3.53. The Morgan fingerprint density at radius 2 is 1.88 bits per heavy atom. The highest BCUT2D eigenvalue weighted by molar-refractivity contribution is 5.30. The predicted octanol–water partition coefficient (Wildman–Crippen LogP) is 4.16. The van der Waals surface area contributed by atoms with Gasteiger partial charge in [0.1, 0.15) is 23.2 Å². The number of aromatic nitrogens is 4. The number of aromatic amines is 1. The van der Waals surface area contributed by atoms with E-state index < -0.39 is 0 Å². The smallest absolute Gasteiger partial charge is 0.316 e. The number of allylic oxidation sites excluding steroid dienone is 3. The summed E-state index contributed by atoms with van der Waals surface area (Å²) in [6.45, 7) is 2.16. The van der Waals surface area contributed by atoms with E-state index in [4.69, 9.17) is 9.47 Å². The van der Waals surface area contributed by atoms with Gasteiger partial charge in [-0.25, -0.2) is 19.3 Å². The molecule has 1 aromatic carbocycles. The van der Waals surface area contributed by atoms with Crippen molar-refractivity contribution >= 4 is 0 Å². The fraction of sp³-hybridized carbons (Fsp3) is 0.280. The van der Waals surface area contributed by atoms with Gasteiger partial charge in [0.05, 0.1) is 7.11 Å². The molecule has 7 nitrogen and oxygen atoms in total. The van der Waals surface area contributed by atoms with E-state index in [1.165, 1.54) is 19.2 Å². The zero-order valence-corrected chi connectivity index (χ0v) is 18.5.